The van der Waals surface area contributed by atoms with E-state index in [2.05, 4.69) is 15.3 Å². The zero-order chi connectivity index (χ0) is 20.4. The molecule has 0 bridgehead atoms. The number of pyridine rings is 1. The Morgan fingerprint density at radius 2 is 2.10 bits per heavy atom. The summed E-state index contributed by atoms with van der Waals surface area (Å²) in [5.41, 5.74) is 0.514. The SMILES string of the molecule is CCNC(=NCc1cccnc1OCC(F)(F)F)N(C)CCC1CCOCC1.I. The number of halogens is 4. The molecule has 0 saturated carbocycles. The van der Waals surface area contributed by atoms with E-state index >= 15 is 0 Å². The van der Waals surface area contributed by atoms with E-state index in [-0.39, 0.29) is 36.4 Å². The van der Waals surface area contributed by atoms with E-state index in [1.54, 1.807) is 12.1 Å². The lowest BCUT2D eigenvalue weighted by Gasteiger charge is -2.27. The Bertz CT molecular complexity index is 626. The second-order valence-corrected chi connectivity index (χ2v) is 6.81. The molecule has 1 saturated heterocycles. The number of guanidine groups is 1. The molecule has 2 rings (SSSR count). The van der Waals surface area contributed by atoms with Crippen molar-refractivity contribution in [3.05, 3.63) is 23.9 Å². The third kappa shape index (κ3) is 9.83. The van der Waals surface area contributed by atoms with E-state index < -0.39 is 12.8 Å². The van der Waals surface area contributed by atoms with Crippen LogP contribution in [0.2, 0.25) is 0 Å². The molecule has 1 aromatic heterocycles. The Hall–Kier alpha value is -1.30. The molecule has 0 amide bonds. The van der Waals surface area contributed by atoms with Gasteiger partial charge in [0.15, 0.2) is 12.6 Å². The Morgan fingerprint density at radius 3 is 2.76 bits per heavy atom. The maximum atomic E-state index is 12.4. The summed E-state index contributed by atoms with van der Waals surface area (Å²) in [6, 6.07) is 3.33. The highest BCUT2D eigenvalue weighted by molar-refractivity contribution is 14.0. The second kappa shape index (κ2) is 13.1. The number of aromatic nitrogens is 1. The monoisotopic (exact) mass is 530 g/mol. The van der Waals surface area contributed by atoms with Crippen LogP contribution in [0, 0.1) is 5.92 Å². The van der Waals surface area contributed by atoms with Crippen LogP contribution in [-0.2, 0) is 11.3 Å². The van der Waals surface area contributed by atoms with Crippen molar-refractivity contribution in [3.63, 3.8) is 0 Å². The summed E-state index contributed by atoms with van der Waals surface area (Å²) in [7, 11) is 1.96. The van der Waals surface area contributed by atoms with Gasteiger partial charge in [0.1, 0.15) is 0 Å². The molecule has 0 radical (unpaired) electrons. The highest BCUT2D eigenvalue weighted by Crippen LogP contribution is 2.21. The van der Waals surface area contributed by atoms with E-state index in [9.17, 15) is 13.2 Å². The number of ether oxygens (including phenoxy) is 2. The van der Waals surface area contributed by atoms with E-state index in [0.29, 0.717) is 24.0 Å². The minimum absolute atomic E-state index is 0. The standard InChI is InChI=1S/C19H29F3N4O2.HI/c1-3-23-18(26(2)10-6-15-7-11-27-12-8-15)25-13-16-5-4-9-24-17(16)28-14-19(20,21)22;/h4-5,9,15H,3,6-8,10-14H2,1-2H3,(H,23,25);1H. The first-order chi connectivity index (χ1) is 13.4. The summed E-state index contributed by atoms with van der Waals surface area (Å²) in [4.78, 5) is 10.5. The van der Waals surface area contributed by atoms with Gasteiger partial charge in [0.2, 0.25) is 5.88 Å². The van der Waals surface area contributed by atoms with Crippen LogP contribution >= 0.6 is 24.0 Å². The van der Waals surface area contributed by atoms with Gasteiger partial charge in [0.05, 0.1) is 6.54 Å². The van der Waals surface area contributed by atoms with Gasteiger partial charge in [-0.2, -0.15) is 13.2 Å². The third-order valence-electron chi connectivity index (χ3n) is 4.53. The summed E-state index contributed by atoms with van der Waals surface area (Å²) in [6.07, 6.45) is 0.215. The van der Waals surface area contributed by atoms with Crippen LogP contribution in [-0.4, -0.2) is 62.0 Å². The number of hydrogen-bond donors (Lipinski definition) is 1. The third-order valence-corrected chi connectivity index (χ3v) is 4.53. The van der Waals surface area contributed by atoms with Gasteiger partial charge in [0.25, 0.3) is 0 Å². The zero-order valence-corrected chi connectivity index (χ0v) is 19.2. The molecule has 6 nitrogen and oxygen atoms in total. The van der Waals surface area contributed by atoms with Crippen molar-refractivity contribution >= 4 is 29.9 Å². The predicted molar refractivity (Wildman–Crippen MR) is 117 cm³/mol. The van der Waals surface area contributed by atoms with Gasteiger partial charge in [-0.3, -0.25) is 0 Å². The Kier molecular flexibility index (Phi) is 11.6. The molecule has 0 aliphatic carbocycles. The lowest BCUT2D eigenvalue weighted by atomic mass is 9.96. The lowest BCUT2D eigenvalue weighted by molar-refractivity contribution is -0.154. The van der Waals surface area contributed by atoms with Crippen LogP contribution in [0.5, 0.6) is 5.88 Å². The number of nitrogens with zero attached hydrogens (tertiary/aromatic N) is 3. The number of nitrogens with one attached hydrogen (secondary N) is 1. The minimum Gasteiger partial charge on any atom is -0.468 e. The van der Waals surface area contributed by atoms with Crippen LogP contribution in [0.3, 0.4) is 0 Å². The average Bonchev–Trinajstić information content (AvgIpc) is 2.68. The van der Waals surface area contributed by atoms with Gasteiger partial charge in [-0.25, -0.2) is 9.98 Å². The van der Waals surface area contributed by atoms with Crippen LogP contribution < -0.4 is 10.1 Å². The molecular weight excluding hydrogens is 500 g/mol. The normalized spacial score (nSPS) is 15.6. The summed E-state index contributed by atoms with van der Waals surface area (Å²) >= 11 is 0. The highest BCUT2D eigenvalue weighted by atomic mass is 127. The van der Waals surface area contributed by atoms with Crippen LogP contribution in [0.15, 0.2) is 23.3 Å². The second-order valence-electron chi connectivity index (χ2n) is 6.81. The van der Waals surface area contributed by atoms with E-state index in [1.807, 2.05) is 18.9 Å². The fourth-order valence-electron chi connectivity index (χ4n) is 2.97. The average molecular weight is 530 g/mol. The fraction of sp³-hybridized carbons (Fsp3) is 0.684. The van der Waals surface area contributed by atoms with Gasteiger partial charge in [-0.05, 0) is 38.2 Å². The van der Waals surface area contributed by atoms with Gasteiger partial charge in [0, 0.05) is 45.1 Å². The van der Waals surface area contributed by atoms with Gasteiger partial charge >= 0.3 is 6.18 Å². The maximum absolute atomic E-state index is 12.4. The molecule has 166 valence electrons. The fourth-order valence-corrected chi connectivity index (χ4v) is 2.97. The Morgan fingerprint density at radius 1 is 1.38 bits per heavy atom. The molecule has 1 aliphatic rings. The number of aliphatic imine (C=N–C) groups is 1. The molecule has 29 heavy (non-hydrogen) atoms. The molecule has 2 heterocycles. The van der Waals surface area contributed by atoms with Crippen LogP contribution in [0.1, 0.15) is 31.7 Å². The summed E-state index contributed by atoms with van der Waals surface area (Å²) in [5.74, 6) is 1.32. The van der Waals surface area contributed by atoms with E-state index in [4.69, 9.17) is 9.47 Å². The minimum atomic E-state index is -4.41. The van der Waals surface area contributed by atoms with Crippen molar-refractivity contribution in [2.24, 2.45) is 10.9 Å². The highest BCUT2D eigenvalue weighted by Gasteiger charge is 2.29. The Balaban J connectivity index is 0.00000420. The maximum Gasteiger partial charge on any atom is 0.422 e. The van der Waals surface area contributed by atoms with Crippen molar-refractivity contribution in [1.82, 2.24) is 15.2 Å². The molecule has 0 spiro atoms. The molecule has 1 aliphatic heterocycles. The van der Waals surface area contributed by atoms with Crippen molar-refractivity contribution in [2.45, 2.75) is 38.9 Å². The predicted octanol–water partition coefficient (Wildman–Crippen LogP) is 3.85. The van der Waals surface area contributed by atoms with Crippen LogP contribution in [0.25, 0.3) is 0 Å². The molecule has 1 N–H and O–H groups in total. The first-order valence-electron chi connectivity index (χ1n) is 9.59. The smallest absolute Gasteiger partial charge is 0.422 e. The molecule has 10 heteroatoms. The number of hydrogen-bond acceptors (Lipinski definition) is 4. The zero-order valence-electron chi connectivity index (χ0n) is 16.9. The first-order valence-corrected chi connectivity index (χ1v) is 9.59. The quantitative estimate of drug-likeness (QED) is 0.315. The lowest BCUT2D eigenvalue weighted by Crippen LogP contribution is -2.40. The summed E-state index contributed by atoms with van der Waals surface area (Å²) in [5, 5.41) is 3.23. The number of rotatable bonds is 8. The molecule has 0 aromatic carbocycles. The molecule has 0 atom stereocenters. The van der Waals surface area contributed by atoms with Gasteiger partial charge in [-0.1, -0.05) is 6.07 Å². The van der Waals surface area contributed by atoms with E-state index in [0.717, 1.165) is 39.0 Å². The van der Waals surface area contributed by atoms with Crippen molar-refractivity contribution in [2.75, 3.05) is 40.0 Å². The Labute approximate surface area is 187 Å². The van der Waals surface area contributed by atoms with Crippen molar-refractivity contribution in [1.29, 1.82) is 0 Å². The summed E-state index contributed by atoms with van der Waals surface area (Å²) < 4.78 is 47.5. The van der Waals surface area contributed by atoms with Crippen LogP contribution in [0.4, 0.5) is 13.2 Å². The van der Waals surface area contributed by atoms with Crippen molar-refractivity contribution < 1.29 is 22.6 Å². The van der Waals surface area contributed by atoms with Crippen molar-refractivity contribution in [3.8, 4) is 5.88 Å². The molecule has 1 fully saturated rings. The topological polar surface area (TPSA) is 59.0 Å². The first kappa shape index (κ1) is 25.7. The largest absolute Gasteiger partial charge is 0.468 e. The number of alkyl halides is 3. The molecule has 0 unspecified atom stereocenters. The molecular formula is C19H30F3IN4O2. The van der Waals surface area contributed by atoms with Gasteiger partial charge in [-0.15, -0.1) is 24.0 Å². The van der Waals surface area contributed by atoms with Gasteiger partial charge < -0.3 is 19.7 Å². The summed E-state index contributed by atoms with van der Waals surface area (Å²) in [6.45, 7) is 3.99. The van der Waals surface area contributed by atoms with E-state index in [1.165, 1.54) is 6.20 Å². The molecule has 1 aromatic rings.